The van der Waals surface area contributed by atoms with Crippen LogP contribution in [0.5, 0.6) is 0 Å². The van der Waals surface area contributed by atoms with Crippen molar-refractivity contribution in [1.29, 1.82) is 0 Å². The Balaban J connectivity index is 2.70. The van der Waals surface area contributed by atoms with E-state index in [2.05, 4.69) is 27.9 Å². The number of hydrazine groups is 1. The molecule has 4 heteroatoms. The summed E-state index contributed by atoms with van der Waals surface area (Å²) in [5.74, 6) is 5.55. The second-order valence-corrected chi connectivity index (χ2v) is 4.87. The van der Waals surface area contributed by atoms with Crippen molar-refractivity contribution in [3.63, 3.8) is 0 Å². The molecule has 0 amide bonds. The van der Waals surface area contributed by atoms with Gasteiger partial charge >= 0.3 is 0 Å². The number of nitrogens with two attached hydrogens (primary N) is 1. The van der Waals surface area contributed by atoms with Gasteiger partial charge in [0.15, 0.2) is 0 Å². The largest absolute Gasteiger partial charge is 0.271 e. The topological polar surface area (TPSA) is 38.0 Å². The first-order chi connectivity index (χ1) is 7.69. The van der Waals surface area contributed by atoms with E-state index in [9.17, 15) is 0 Å². The number of benzene rings is 1. The summed E-state index contributed by atoms with van der Waals surface area (Å²) in [4.78, 5) is 0. The number of rotatable bonds is 6. The first kappa shape index (κ1) is 13.7. The monoisotopic (exact) mass is 302 g/mol. The highest BCUT2D eigenvalue weighted by Crippen LogP contribution is 2.27. The van der Waals surface area contributed by atoms with Crippen LogP contribution in [0.3, 0.4) is 0 Å². The van der Waals surface area contributed by atoms with Gasteiger partial charge in [0.05, 0.1) is 5.02 Å². The van der Waals surface area contributed by atoms with Gasteiger partial charge in [0.2, 0.25) is 0 Å². The van der Waals surface area contributed by atoms with E-state index < -0.39 is 0 Å². The molecule has 1 rings (SSSR count). The van der Waals surface area contributed by atoms with Gasteiger partial charge < -0.3 is 0 Å². The molecule has 0 spiro atoms. The number of nitrogens with one attached hydrogen (secondary N) is 1. The normalized spacial score (nSPS) is 12.4. The molecule has 0 bridgehead atoms. The number of allylic oxidation sites excluding steroid dienone is 1. The Morgan fingerprint density at radius 3 is 2.88 bits per heavy atom. The summed E-state index contributed by atoms with van der Waals surface area (Å²) in [6.07, 6.45) is 4.98. The molecule has 1 unspecified atom stereocenters. The average Bonchev–Trinajstić information content (AvgIpc) is 2.29. The van der Waals surface area contributed by atoms with E-state index in [1.807, 2.05) is 24.3 Å². The molecule has 16 heavy (non-hydrogen) atoms. The van der Waals surface area contributed by atoms with Crippen molar-refractivity contribution in [2.75, 3.05) is 0 Å². The summed E-state index contributed by atoms with van der Waals surface area (Å²) in [5.41, 5.74) is 3.97. The fourth-order valence-corrected chi connectivity index (χ4v) is 2.06. The van der Waals surface area contributed by atoms with E-state index in [1.165, 1.54) is 0 Å². The van der Waals surface area contributed by atoms with Crippen LogP contribution < -0.4 is 11.3 Å². The van der Waals surface area contributed by atoms with Crippen LogP contribution in [-0.4, -0.2) is 0 Å². The minimum Gasteiger partial charge on any atom is -0.271 e. The summed E-state index contributed by atoms with van der Waals surface area (Å²) in [7, 11) is 0. The lowest BCUT2D eigenvalue weighted by molar-refractivity contribution is 0.501. The number of hydrogen-bond acceptors (Lipinski definition) is 2. The van der Waals surface area contributed by atoms with Gasteiger partial charge in [-0.25, -0.2) is 0 Å². The predicted molar refractivity (Wildman–Crippen MR) is 73.3 cm³/mol. The molecule has 1 aromatic carbocycles. The highest BCUT2D eigenvalue weighted by Gasteiger charge is 2.10. The molecule has 0 heterocycles. The molecule has 0 saturated carbocycles. The standard InChI is InChI=1S/C12H16BrClN2/c1-2-3-4-5-12(16-15)9-6-7-11(14)10(13)8-9/h2,6-8,12,16H,1,3-5,15H2. The molecule has 1 atom stereocenters. The Labute approximate surface area is 110 Å². The minimum absolute atomic E-state index is 0.161. The van der Waals surface area contributed by atoms with E-state index in [-0.39, 0.29) is 6.04 Å². The zero-order chi connectivity index (χ0) is 12.0. The molecule has 88 valence electrons. The van der Waals surface area contributed by atoms with Crippen LogP contribution in [-0.2, 0) is 0 Å². The molecule has 0 aliphatic carbocycles. The third-order valence-corrected chi connectivity index (χ3v) is 3.66. The highest BCUT2D eigenvalue weighted by atomic mass is 79.9. The smallest absolute Gasteiger partial charge is 0.0548 e. The van der Waals surface area contributed by atoms with E-state index in [1.54, 1.807) is 0 Å². The SMILES string of the molecule is C=CCCCC(NN)c1ccc(Cl)c(Br)c1. The van der Waals surface area contributed by atoms with E-state index in [0.29, 0.717) is 5.02 Å². The number of unbranched alkanes of at least 4 members (excludes halogenated alkanes) is 1. The fourth-order valence-electron chi connectivity index (χ4n) is 1.54. The Kier molecular flexibility index (Phi) is 6.06. The van der Waals surface area contributed by atoms with Crippen molar-refractivity contribution in [3.8, 4) is 0 Å². The molecule has 0 aliphatic heterocycles. The Hall–Kier alpha value is -0.350. The molecular weight excluding hydrogens is 288 g/mol. The van der Waals surface area contributed by atoms with Crippen molar-refractivity contribution < 1.29 is 0 Å². The second-order valence-electron chi connectivity index (χ2n) is 3.61. The lowest BCUT2D eigenvalue weighted by Crippen LogP contribution is -2.27. The first-order valence-electron chi connectivity index (χ1n) is 5.21. The second kappa shape index (κ2) is 7.07. The lowest BCUT2D eigenvalue weighted by atomic mass is 10.0. The number of hydrogen-bond donors (Lipinski definition) is 2. The zero-order valence-corrected chi connectivity index (χ0v) is 11.4. The Morgan fingerprint density at radius 1 is 1.56 bits per heavy atom. The lowest BCUT2D eigenvalue weighted by Gasteiger charge is -2.16. The summed E-state index contributed by atoms with van der Waals surface area (Å²) >= 11 is 9.35. The van der Waals surface area contributed by atoms with Gasteiger partial charge in [-0.1, -0.05) is 23.7 Å². The van der Waals surface area contributed by atoms with Crippen molar-refractivity contribution in [3.05, 3.63) is 45.9 Å². The van der Waals surface area contributed by atoms with Crippen LogP contribution in [0.15, 0.2) is 35.3 Å². The van der Waals surface area contributed by atoms with Crippen molar-refractivity contribution in [2.45, 2.75) is 25.3 Å². The van der Waals surface area contributed by atoms with Crippen LogP contribution in [0.4, 0.5) is 0 Å². The summed E-state index contributed by atoms with van der Waals surface area (Å²) in [6, 6.07) is 6.03. The first-order valence-corrected chi connectivity index (χ1v) is 6.38. The van der Waals surface area contributed by atoms with Gasteiger partial charge in [-0.3, -0.25) is 11.3 Å². The van der Waals surface area contributed by atoms with Gasteiger partial charge in [0.1, 0.15) is 0 Å². The quantitative estimate of drug-likeness (QED) is 0.361. The summed E-state index contributed by atoms with van der Waals surface area (Å²) in [5, 5.41) is 0.714. The molecule has 3 N–H and O–H groups in total. The van der Waals surface area contributed by atoms with Crippen LogP contribution in [0.1, 0.15) is 30.9 Å². The van der Waals surface area contributed by atoms with Gasteiger partial charge in [-0.2, -0.15) is 0 Å². The van der Waals surface area contributed by atoms with Gasteiger partial charge in [0, 0.05) is 10.5 Å². The third-order valence-electron chi connectivity index (χ3n) is 2.45. The molecule has 2 nitrogen and oxygen atoms in total. The predicted octanol–water partition coefficient (Wildman–Crippen LogP) is 3.96. The number of halogens is 2. The zero-order valence-electron chi connectivity index (χ0n) is 9.05. The van der Waals surface area contributed by atoms with Crippen molar-refractivity contribution in [2.24, 2.45) is 5.84 Å². The highest BCUT2D eigenvalue weighted by molar-refractivity contribution is 9.10. The van der Waals surface area contributed by atoms with Crippen LogP contribution in [0, 0.1) is 0 Å². The molecule has 1 aromatic rings. The maximum absolute atomic E-state index is 5.94. The molecule has 0 saturated heterocycles. The van der Waals surface area contributed by atoms with Crippen LogP contribution in [0.2, 0.25) is 5.02 Å². The Bertz CT molecular complexity index is 355. The van der Waals surface area contributed by atoms with Crippen LogP contribution >= 0.6 is 27.5 Å². The Morgan fingerprint density at radius 2 is 2.31 bits per heavy atom. The van der Waals surface area contributed by atoms with Crippen LogP contribution in [0.25, 0.3) is 0 Å². The van der Waals surface area contributed by atoms with Crippen molar-refractivity contribution >= 4 is 27.5 Å². The fraction of sp³-hybridized carbons (Fsp3) is 0.333. The van der Waals surface area contributed by atoms with E-state index >= 15 is 0 Å². The minimum atomic E-state index is 0.161. The molecule has 0 aliphatic rings. The molecule has 0 fully saturated rings. The maximum Gasteiger partial charge on any atom is 0.0548 e. The van der Waals surface area contributed by atoms with E-state index in [0.717, 1.165) is 29.3 Å². The molecule has 0 aromatic heterocycles. The average molecular weight is 304 g/mol. The summed E-state index contributed by atoms with van der Waals surface area (Å²) in [6.45, 7) is 3.71. The van der Waals surface area contributed by atoms with Crippen molar-refractivity contribution in [1.82, 2.24) is 5.43 Å². The summed E-state index contributed by atoms with van der Waals surface area (Å²) < 4.78 is 0.899. The molecular formula is C12H16BrClN2. The van der Waals surface area contributed by atoms with Gasteiger partial charge in [-0.05, 0) is 52.9 Å². The van der Waals surface area contributed by atoms with E-state index in [4.69, 9.17) is 17.4 Å². The third kappa shape index (κ3) is 3.91. The van der Waals surface area contributed by atoms with Gasteiger partial charge in [0.25, 0.3) is 0 Å². The van der Waals surface area contributed by atoms with Gasteiger partial charge in [-0.15, -0.1) is 6.58 Å². The maximum atomic E-state index is 5.94. The molecule has 0 radical (unpaired) electrons.